The molecule has 0 radical (unpaired) electrons. The predicted molar refractivity (Wildman–Crippen MR) is 118 cm³/mol. The molecule has 0 saturated heterocycles. The molecule has 1 N–H and O–H groups in total. The Balaban J connectivity index is 1.69. The second-order valence-corrected chi connectivity index (χ2v) is 8.43. The van der Waals surface area contributed by atoms with Crippen LogP contribution in [0.3, 0.4) is 0 Å². The van der Waals surface area contributed by atoms with Crippen molar-refractivity contribution in [1.29, 1.82) is 0 Å². The Labute approximate surface area is 176 Å². The summed E-state index contributed by atoms with van der Waals surface area (Å²) in [5.74, 6) is 0.145. The predicted octanol–water partition coefficient (Wildman–Crippen LogP) is 5.50. The molecule has 1 fully saturated rings. The van der Waals surface area contributed by atoms with E-state index >= 15 is 0 Å². The molecule has 1 aromatic carbocycles. The summed E-state index contributed by atoms with van der Waals surface area (Å²) in [6, 6.07) is 7.69. The normalized spacial score (nSPS) is 14.2. The largest absolute Gasteiger partial charge is 0.469 e. The van der Waals surface area contributed by atoms with Crippen molar-refractivity contribution in [3.05, 3.63) is 45.9 Å². The lowest BCUT2D eigenvalue weighted by atomic mass is 9.78. The average Bonchev–Trinajstić information content (AvgIpc) is 3.48. The van der Waals surface area contributed by atoms with Crippen LogP contribution in [0.4, 0.5) is 5.69 Å². The van der Waals surface area contributed by atoms with E-state index in [9.17, 15) is 9.59 Å². The smallest absolute Gasteiger partial charge is 0.306 e. The van der Waals surface area contributed by atoms with Crippen molar-refractivity contribution in [3.63, 3.8) is 0 Å². The maximum atomic E-state index is 13.0. The number of ether oxygens (including phenoxy) is 1. The molecule has 1 aliphatic carbocycles. The molecule has 1 amide bonds. The van der Waals surface area contributed by atoms with E-state index in [0.29, 0.717) is 24.4 Å². The fourth-order valence-corrected chi connectivity index (χ4v) is 4.14. The highest BCUT2D eigenvalue weighted by atomic mass is 32.1. The van der Waals surface area contributed by atoms with Crippen LogP contribution in [0, 0.1) is 5.41 Å². The van der Waals surface area contributed by atoms with Gasteiger partial charge in [0, 0.05) is 17.0 Å². The van der Waals surface area contributed by atoms with Crippen LogP contribution in [0.25, 0.3) is 12.2 Å². The molecule has 5 nitrogen and oxygen atoms in total. The summed E-state index contributed by atoms with van der Waals surface area (Å²) < 4.78 is 4.79. The Kier molecular flexibility index (Phi) is 6.85. The molecule has 1 aromatic heterocycles. The van der Waals surface area contributed by atoms with E-state index in [2.05, 4.69) is 15.7 Å². The van der Waals surface area contributed by atoms with Gasteiger partial charge in [0.15, 0.2) is 0 Å². The fourth-order valence-electron chi connectivity index (χ4n) is 3.34. The minimum Gasteiger partial charge on any atom is -0.469 e. The summed E-state index contributed by atoms with van der Waals surface area (Å²) in [7, 11) is 1.35. The molecular weight excluding hydrogens is 384 g/mol. The van der Waals surface area contributed by atoms with Crippen LogP contribution in [-0.2, 0) is 14.3 Å². The third-order valence-electron chi connectivity index (χ3n) is 5.64. The van der Waals surface area contributed by atoms with Crippen molar-refractivity contribution in [1.82, 2.24) is 4.98 Å². The molecule has 0 unspecified atom stereocenters. The van der Waals surface area contributed by atoms with Gasteiger partial charge in [0.1, 0.15) is 5.01 Å². The van der Waals surface area contributed by atoms with Crippen molar-refractivity contribution in [2.24, 2.45) is 5.41 Å². The Morgan fingerprint density at radius 2 is 2.03 bits per heavy atom. The number of aromatic nitrogens is 1. The van der Waals surface area contributed by atoms with E-state index in [1.165, 1.54) is 25.6 Å². The first-order chi connectivity index (χ1) is 14.0. The number of methoxy groups -OCH3 is 1. The zero-order valence-corrected chi connectivity index (χ0v) is 18.1. The fraction of sp³-hybridized carbons (Fsp3) is 0.435. The van der Waals surface area contributed by atoms with Crippen LogP contribution in [0.15, 0.2) is 29.6 Å². The Morgan fingerprint density at radius 1 is 1.28 bits per heavy atom. The van der Waals surface area contributed by atoms with Crippen molar-refractivity contribution < 1.29 is 14.3 Å². The van der Waals surface area contributed by atoms with Gasteiger partial charge < -0.3 is 10.1 Å². The number of rotatable bonds is 9. The summed E-state index contributed by atoms with van der Waals surface area (Å²) in [5.41, 5.74) is 2.14. The van der Waals surface area contributed by atoms with Crippen molar-refractivity contribution in [2.45, 2.75) is 51.9 Å². The molecule has 0 atom stereocenters. The summed E-state index contributed by atoms with van der Waals surface area (Å²) >= 11 is 1.66. The first-order valence-corrected chi connectivity index (χ1v) is 11.0. The van der Waals surface area contributed by atoms with Gasteiger partial charge in [-0.05, 0) is 49.5 Å². The summed E-state index contributed by atoms with van der Waals surface area (Å²) in [4.78, 5) is 29.4. The number of benzene rings is 1. The van der Waals surface area contributed by atoms with E-state index in [0.717, 1.165) is 10.6 Å². The lowest BCUT2D eigenvalue weighted by molar-refractivity contribution is -0.147. The van der Waals surface area contributed by atoms with Crippen LogP contribution in [0.2, 0.25) is 0 Å². The number of carbonyl (C=O) groups is 2. The molecule has 1 aliphatic rings. The first-order valence-electron chi connectivity index (χ1n) is 10.1. The molecule has 1 heterocycles. The minimum atomic E-state index is -0.765. The van der Waals surface area contributed by atoms with E-state index in [4.69, 9.17) is 4.74 Å². The third kappa shape index (κ3) is 5.32. The van der Waals surface area contributed by atoms with Crippen LogP contribution in [0.1, 0.15) is 68.1 Å². The molecular formula is C23H28N2O3S. The quantitative estimate of drug-likeness (QED) is 0.552. The lowest BCUT2D eigenvalue weighted by Gasteiger charge is -2.29. The summed E-state index contributed by atoms with van der Waals surface area (Å²) in [6.45, 7) is 3.85. The Morgan fingerprint density at radius 3 is 2.69 bits per heavy atom. The second-order valence-electron chi connectivity index (χ2n) is 7.54. The highest BCUT2D eigenvalue weighted by Crippen LogP contribution is 2.40. The van der Waals surface area contributed by atoms with Gasteiger partial charge in [-0.1, -0.05) is 32.1 Å². The SMILES string of the molecule is CCC(CC)(CC(=O)OC)C(=O)Nc1cccc(/C=C/c2nc(C3CC3)cs2)c1. The van der Waals surface area contributed by atoms with E-state index in [1.54, 1.807) is 11.3 Å². The van der Waals surface area contributed by atoms with Gasteiger partial charge in [-0.2, -0.15) is 0 Å². The minimum absolute atomic E-state index is 0.0787. The number of esters is 1. The van der Waals surface area contributed by atoms with Gasteiger partial charge in [0.25, 0.3) is 0 Å². The van der Waals surface area contributed by atoms with E-state index in [-0.39, 0.29) is 18.3 Å². The maximum Gasteiger partial charge on any atom is 0.306 e. The number of anilines is 1. The van der Waals surface area contributed by atoms with Gasteiger partial charge in [-0.3, -0.25) is 9.59 Å². The topological polar surface area (TPSA) is 68.3 Å². The van der Waals surface area contributed by atoms with Crippen LogP contribution >= 0.6 is 11.3 Å². The van der Waals surface area contributed by atoms with E-state index < -0.39 is 5.41 Å². The van der Waals surface area contributed by atoms with Crippen LogP contribution < -0.4 is 5.32 Å². The standard InChI is InChI=1S/C23H28N2O3S/c1-4-23(5-2,14-21(26)28-3)22(27)24-18-8-6-7-16(13-18)9-12-20-25-19(15-29-20)17-10-11-17/h6-9,12-13,15,17H,4-5,10-11,14H2,1-3H3,(H,24,27)/b12-9+. The zero-order chi connectivity index (χ0) is 20.9. The highest BCUT2D eigenvalue weighted by Gasteiger charge is 2.37. The number of thiazole rings is 1. The number of carbonyl (C=O) groups excluding carboxylic acids is 2. The molecule has 1 saturated carbocycles. The molecule has 0 spiro atoms. The molecule has 154 valence electrons. The Hall–Kier alpha value is -2.47. The third-order valence-corrected chi connectivity index (χ3v) is 6.47. The molecule has 29 heavy (non-hydrogen) atoms. The van der Waals surface area contributed by atoms with Crippen LogP contribution in [0.5, 0.6) is 0 Å². The van der Waals surface area contributed by atoms with Gasteiger partial charge >= 0.3 is 5.97 Å². The number of hydrogen-bond donors (Lipinski definition) is 1. The Bertz CT molecular complexity index is 895. The number of nitrogens with one attached hydrogen (secondary N) is 1. The average molecular weight is 413 g/mol. The molecule has 0 aliphatic heterocycles. The first kappa shape index (κ1) is 21.2. The molecule has 0 bridgehead atoms. The van der Waals surface area contributed by atoms with Crippen LogP contribution in [-0.4, -0.2) is 24.0 Å². The second kappa shape index (κ2) is 9.35. The monoisotopic (exact) mass is 412 g/mol. The summed E-state index contributed by atoms with van der Waals surface area (Å²) in [5, 5.41) is 6.13. The molecule has 3 rings (SSSR count). The number of amides is 1. The van der Waals surface area contributed by atoms with Crippen molar-refractivity contribution in [2.75, 3.05) is 12.4 Å². The van der Waals surface area contributed by atoms with Crippen molar-refractivity contribution in [3.8, 4) is 0 Å². The highest BCUT2D eigenvalue weighted by molar-refractivity contribution is 7.10. The molecule has 2 aromatic rings. The lowest BCUT2D eigenvalue weighted by Crippen LogP contribution is -2.37. The van der Waals surface area contributed by atoms with E-state index in [1.807, 2.05) is 50.3 Å². The van der Waals surface area contributed by atoms with Gasteiger partial charge in [-0.15, -0.1) is 11.3 Å². The van der Waals surface area contributed by atoms with Gasteiger partial charge in [-0.25, -0.2) is 4.98 Å². The summed E-state index contributed by atoms with van der Waals surface area (Å²) in [6.07, 6.45) is 7.73. The zero-order valence-electron chi connectivity index (χ0n) is 17.2. The number of hydrogen-bond acceptors (Lipinski definition) is 5. The van der Waals surface area contributed by atoms with Gasteiger partial charge in [0.05, 0.1) is 24.6 Å². The molecule has 6 heteroatoms. The number of nitrogens with zero attached hydrogens (tertiary/aromatic N) is 1. The van der Waals surface area contributed by atoms with Gasteiger partial charge in [0.2, 0.25) is 5.91 Å². The van der Waals surface area contributed by atoms with Crippen molar-refractivity contribution >= 4 is 41.1 Å². The maximum absolute atomic E-state index is 13.0.